The van der Waals surface area contributed by atoms with Crippen LogP contribution in [0.25, 0.3) is 5.57 Å². The molecule has 0 amide bonds. The van der Waals surface area contributed by atoms with Gasteiger partial charge in [0.25, 0.3) is 0 Å². The Balaban J connectivity index is 1.28. The van der Waals surface area contributed by atoms with Crippen molar-refractivity contribution in [3.05, 3.63) is 112 Å². The summed E-state index contributed by atoms with van der Waals surface area (Å²) in [7, 11) is 0. The van der Waals surface area contributed by atoms with Gasteiger partial charge in [0, 0.05) is 49.8 Å². The van der Waals surface area contributed by atoms with Crippen molar-refractivity contribution < 1.29 is 38.0 Å². The van der Waals surface area contributed by atoms with E-state index in [0.29, 0.717) is 53.8 Å². The molecule has 3 aromatic carbocycles. The van der Waals surface area contributed by atoms with Gasteiger partial charge < -0.3 is 29.3 Å². The second-order valence-corrected chi connectivity index (χ2v) is 15.2. The Labute approximate surface area is 315 Å². The van der Waals surface area contributed by atoms with Crippen molar-refractivity contribution >= 4 is 23.1 Å². The first kappa shape index (κ1) is 38.9. The van der Waals surface area contributed by atoms with Crippen LogP contribution in [-0.2, 0) is 22.7 Å². The Morgan fingerprint density at radius 3 is 2.53 bits per heavy atom. The fourth-order valence-corrected chi connectivity index (χ4v) is 7.92. The Kier molecular flexibility index (Phi) is 12.6. The van der Waals surface area contributed by atoms with Crippen molar-refractivity contribution in [2.75, 3.05) is 39.4 Å². The Morgan fingerprint density at radius 1 is 0.981 bits per heavy atom. The molecule has 2 N–H and O–H groups in total. The van der Waals surface area contributed by atoms with E-state index in [1.807, 2.05) is 35.3 Å². The minimum absolute atomic E-state index is 0.0598. The summed E-state index contributed by atoms with van der Waals surface area (Å²) in [6.45, 7) is 8.02. The number of benzene rings is 3. The molecule has 53 heavy (non-hydrogen) atoms. The molecule has 284 valence electrons. The Morgan fingerprint density at radius 2 is 1.79 bits per heavy atom. The number of nitrogens with zero attached hydrogens (tertiary/aromatic N) is 2. The van der Waals surface area contributed by atoms with Crippen molar-refractivity contribution in [2.45, 2.75) is 76.9 Å². The van der Waals surface area contributed by atoms with Gasteiger partial charge in [-0.1, -0.05) is 80.4 Å². The van der Waals surface area contributed by atoms with Gasteiger partial charge in [-0.3, -0.25) is 9.69 Å². The number of likely N-dealkylation sites (tertiary alicyclic amines) is 2. The van der Waals surface area contributed by atoms with Crippen LogP contribution in [0.2, 0.25) is 5.02 Å². The smallest absolute Gasteiger partial charge is 0.320 e. The van der Waals surface area contributed by atoms with Crippen LogP contribution in [0.1, 0.15) is 62.6 Å². The highest BCUT2D eigenvalue weighted by Gasteiger charge is 2.49. The first-order chi connectivity index (χ1) is 25.5. The number of hydrogen-bond acceptors (Lipinski definition) is 7. The normalized spacial score (nSPS) is 23.2. The predicted octanol–water partition coefficient (Wildman–Crippen LogP) is 7.91. The average Bonchev–Trinajstić information content (AvgIpc) is 3.56. The standard InChI is InChI=1S/C42H49ClF2N2O6/c1-41(2)33(30-10-4-3-5-11-30)12-8-17-42(41,53-21-9-18-46-20-16-32(48)26-46)28-52-39-24-38(51-27-29-14-15-35(44)36(45)22-29)31(23-34(39)43)25-47-19-7-6-13-37(47)40(49)50/h3-5,8,10-12,14-15,17,22-24,32,37,48H,6-7,9,13,16,18-21,25-28H2,1-2H3,(H,49,50)/t32-,37+,42?/m1/s1. The summed E-state index contributed by atoms with van der Waals surface area (Å²) in [4.78, 5) is 16.3. The second-order valence-electron chi connectivity index (χ2n) is 14.8. The van der Waals surface area contributed by atoms with Gasteiger partial charge in [-0.05, 0) is 73.2 Å². The lowest BCUT2D eigenvalue weighted by Crippen LogP contribution is -2.52. The topological polar surface area (TPSA) is 91.7 Å². The quantitative estimate of drug-likeness (QED) is 0.152. The van der Waals surface area contributed by atoms with Gasteiger partial charge in [0.2, 0.25) is 0 Å². The Bertz CT molecular complexity index is 1800. The van der Waals surface area contributed by atoms with Crippen LogP contribution in [0.4, 0.5) is 8.78 Å². The van der Waals surface area contributed by atoms with E-state index in [9.17, 15) is 23.8 Å². The summed E-state index contributed by atoms with van der Waals surface area (Å²) in [5.41, 5.74) is 1.80. The van der Waals surface area contributed by atoms with E-state index in [2.05, 4.69) is 37.0 Å². The fourth-order valence-electron chi connectivity index (χ4n) is 7.67. The molecule has 0 bridgehead atoms. The predicted molar refractivity (Wildman–Crippen MR) is 201 cm³/mol. The van der Waals surface area contributed by atoms with E-state index in [1.165, 1.54) is 6.07 Å². The summed E-state index contributed by atoms with van der Waals surface area (Å²) >= 11 is 6.94. The number of β-amino-alcohol motifs (C(OH)–C–C–N with tert-alkyl or cyclic N) is 1. The summed E-state index contributed by atoms with van der Waals surface area (Å²) in [6.07, 6.45) is 9.68. The van der Waals surface area contributed by atoms with Crippen molar-refractivity contribution in [1.29, 1.82) is 0 Å². The zero-order valence-electron chi connectivity index (χ0n) is 30.4. The molecule has 1 aliphatic carbocycles. The van der Waals surface area contributed by atoms with Crippen molar-refractivity contribution in [1.82, 2.24) is 9.80 Å². The van der Waals surface area contributed by atoms with Gasteiger partial charge in [0.1, 0.15) is 36.4 Å². The molecule has 0 radical (unpaired) electrons. The van der Waals surface area contributed by atoms with E-state index in [0.717, 1.165) is 62.0 Å². The van der Waals surface area contributed by atoms with E-state index >= 15 is 0 Å². The molecule has 6 rings (SSSR count). The molecule has 2 saturated heterocycles. The molecule has 3 aromatic rings. The molecule has 2 fully saturated rings. The number of aliphatic carboxylic acids is 1. The van der Waals surface area contributed by atoms with Crippen LogP contribution in [0.15, 0.2) is 78.9 Å². The minimum Gasteiger partial charge on any atom is -0.488 e. The maximum Gasteiger partial charge on any atom is 0.320 e. The van der Waals surface area contributed by atoms with Crippen LogP contribution >= 0.6 is 11.6 Å². The van der Waals surface area contributed by atoms with Crippen molar-refractivity contribution in [2.24, 2.45) is 5.41 Å². The number of carboxylic acids is 1. The van der Waals surface area contributed by atoms with Gasteiger partial charge in [0.15, 0.2) is 11.6 Å². The molecule has 3 atom stereocenters. The van der Waals surface area contributed by atoms with Gasteiger partial charge in [-0.25, -0.2) is 8.78 Å². The minimum atomic E-state index is -0.973. The largest absolute Gasteiger partial charge is 0.488 e. The fraction of sp³-hybridized carbons (Fsp3) is 0.452. The third-order valence-electron chi connectivity index (χ3n) is 10.9. The summed E-state index contributed by atoms with van der Waals surface area (Å²) < 4.78 is 47.5. The number of ether oxygens (including phenoxy) is 3. The van der Waals surface area contributed by atoms with Crippen LogP contribution in [0.5, 0.6) is 11.5 Å². The number of allylic oxidation sites excluding steroid dienone is 2. The van der Waals surface area contributed by atoms with Gasteiger partial charge >= 0.3 is 5.97 Å². The molecule has 2 aliphatic heterocycles. The van der Waals surface area contributed by atoms with Crippen LogP contribution in [-0.4, -0.2) is 83.1 Å². The summed E-state index contributed by atoms with van der Waals surface area (Å²) in [5.74, 6) is -2.06. The second kappa shape index (κ2) is 17.1. The highest BCUT2D eigenvalue weighted by molar-refractivity contribution is 6.32. The highest BCUT2D eigenvalue weighted by Crippen LogP contribution is 2.49. The van der Waals surface area contributed by atoms with Crippen molar-refractivity contribution in [3.63, 3.8) is 0 Å². The number of aliphatic hydroxyl groups is 1. The average molecular weight is 751 g/mol. The molecular weight excluding hydrogens is 702 g/mol. The highest BCUT2D eigenvalue weighted by atomic mass is 35.5. The summed E-state index contributed by atoms with van der Waals surface area (Å²) in [5, 5.41) is 20.2. The van der Waals surface area contributed by atoms with Gasteiger partial charge in [-0.2, -0.15) is 0 Å². The summed E-state index contributed by atoms with van der Waals surface area (Å²) in [6, 6.07) is 16.6. The third kappa shape index (κ3) is 9.12. The Hall–Kier alpha value is -3.80. The first-order valence-electron chi connectivity index (χ1n) is 18.4. The zero-order valence-corrected chi connectivity index (χ0v) is 31.2. The van der Waals surface area contributed by atoms with Gasteiger partial charge in [-0.15, -0.1) is 0 Å². The molecule has 0 saturated carbocycles. The van der Waals surface area contributed by atoms with E-state index in [4.69, 9.17) is 25.8 Å². The third-order valence-corrected chi connectivity index (χ3v) is 11.2. The molecule has 0 aromatic heterocycles. The molecule has 8 nitrogen and oxygen atoms in total. The lowest BCUT2D eigenvalue weighted by Gasteiger charge is -2.47. The van der Waals surface area contributed by atoms with Crippen molar-refractivity contribution in [3.8, 4) is 11.5 Å². The molecule has 2 heterocycles. The number of hydrogen-bond donors (Lipinski definition) is 2. The van der Waals surface area contributed by atoms with Crippen LogP contribution in [0.3, 0.4) is 0 Å². The maximum absolute atomic E-state index is 14.1. The molecular formula is C42H49ClF2N2O6. The van der Waals surface area contributed by atoms with E-state index in [1.54, 1.807) is 12.1 Å². The van der Waals surface area contributed by atoms with Crippen LogP contribution < -0.4 is 9.47 Å². The number of carbonyl (C=O) groups is 1. The lowest BCUT2D eigenvalue weighted by atomic mass is 9.65. The zero-order chi connectivity index (χ0) is 37.6. The molecule has 11 heteroatoms. The first-order valence-corrected chi connectivity index (χ1v) is 18.8. The SMILES string of the molecule is CC1(C)C(c2ccccc2)=CC=CC1(COc1cc(OCc2ccc(F)c(F)c2)c(CN2CCCC[C@H]2C(=O)O)cc1Cl)OCCCN1CC[C@@H](O)C1. The number of rotatable bonds is 15. The van der Waals surface area contributed by atoms with E-state index < -0.39 is 34.7 Å². The molecule has 0 spiro atoms. The maximum atomic E-state index is 14.1. The number of carboxylic acid groups (broad SMARTS) is 1. The van der Waals surface area contributed by atoms with Gasteiger partial charge in [0.05, 0.1) is 11.1 Å². The molecule has 3 aliphatic rings. The number of halogens is 3. The number of aliphatic hydroxyl groups excluding tert-OH is 1. The van der Waals surface area contributed by atoms with E-state index in [-0.39, 0.29) is 25.9 Å². The number of piperidine rings is 1. The van der Waals surface area contributed by atoms with Crippen LogP contribution in [0, 0.1) is 17.0 Å². The lowest BCUT2D eigenvalue weighted by molar-refractivity contribution is -0.144. The monoisotopic (exact) mass is 750 g/mol. The molecule has 1 unspecified atom stereocenters.